The number of nitrogens with two attached hydrogens (primary N) is 1. The maximum absolute atomic E-state index is 12.9. The van der Waals surface area contributed by atoms with Gasteiger partial charge in [0.15, 0.2) is 18.1 Å². The summed E-state index contributed by atoms with van der Waals surface area (Å²) in [5.74, 6) is 0.276. The molecule has 0 aliphatic heterocycles. The molecule has 2 rings (SSSR count). The number of ether oxygens (including phenoxy) is 2. The third kappa shape index (κ3) is 5.24. The highest BCUT2D eigenvalue weighted by Crippen LogP contribution is 2.30. The summed E-state index contributed by atoms with van der Waals surface area (Å²) in [4.78, 5) is 10.9. The molecule has 0 saturated carbocycles. The molecule has 0 spiro atoms. The van der Waals surface area contributed by atoms with Gasteiger partial charge in [-0.1, -0.05) is 24.3 Å². The van der Waals surface area contributed by atoms with E-state index in [2.05, 4.69) is 5.32 Å². The minimum absolute atomic E-state index is 0.205. The molecule has 0 unspecified atom stereocenters. The summed E-state index contributed by atoms with van der Waals surface area (Å²) in [6, 6.07) is 11.9. The predicted molar refractivity (Wildman–Crippen MR) is 89.5 cm³/mol. The zero-order valence-electron chi connectivity index (χ0n) is 13.5. The van der Waals surface area contributed by atoms with E-state index in [1.807, 2.05) is 12.1 Å². The van der Waals surface area contributed by atoms with E-state index < -0.39 is 5.91 Å². The first kappa shape index (κ1) is 17.7. The number of hydrogen-bond donors (Lipinski definition) is 2. The standard InChI is InChI=1S/C18H21FN2O3/c1-23-16-4-2-3-14(18(16)24-12-17(20)22)11-21-10-9-13-5-7-15(19)8-6-13/h2-8,21H,9-12H2,1H3,(H2,20,22). The summed E-state index contributed by atoms with van der Waals surface area (Å²) in [6.45, 7) is 1.06. The van der Waals surface area contributed by atoms with Crippen molar-refractivity contribution in [3.05, 3.63) is 59.4 Å². The Hall–Kier alpha value is -2.60. The lowest BCUT2D eigenvalue weighted by Gasteiger charge is -2.14. The lowest BCUT2D eigenvalue weighted by Crippen LogP contribution is -2.22. The van der Waals surface area contributed by atoms with E-state index in [0.717, 1.165) is 24.1 Å². The van der Waals surface area contributed by atoms with E-state index in [0.29, 0.717) is 18.0 Å². The smallest absolute Gasteiger partial charge is 0.255 e. The monoisotopic (exact) mass is 332 g/mol. The van der Waals surface area contributed by atoms with E-state index in [1.54, 1.807) is 18.2 Å². The summed E-state index contributed by atoms with van der Waals surface area (Å²) in [6.07, 6.45) is 0.779. The Labute approximate surface area is 140 Å². The number of methoxy groups -OCH3 is 1. The third-order valence-corrected chi connectivity index (χ3v) is 3.46. The number of benzene rings is 2. The van der Waals surface area contributed by atoms with Gasteiger partial charge in [0.05, 0.1) is 7.11 Å². The molecule has 0 radical (unpaired) electrons. The minimum atomic E-state index is -0.545. The molecule has 6 heteroatoms. The van der Waals surface area contributed by atoms with E-state index >= 15 is 0 Å². The number of carbonyl (C=O) groups is 1. The van der Waals surface area contributed by atoms with Crippen LogP contribution in [0.5, 0.6) is 11.5 Å². The Bertz CT molecular complexity index is 674. The summed E-state index contributed by atoms with van der Waals surface area (Å²) in [7, 11) is 1.54. The SMILES string of the molecule is COc1cccc(CNCCc2ccc(F)cc2)c1OCC(N)=O. The molecule has 128 valence electrons. The molecule has 3 N–H and O–H groups in total. The first-order chi connectivity index (χ1) is 11.6. The van der Waals surface area contributed by atoms with Crippen molar-refractivity contribution in [3.63, 3.8) is 0 Å². The Balaban J connectivity index is 1.93. The molecule has 2 aromatic carbocycles. The van der Waals surface area contributed by atoms with Crippen LogP contribution in [0.3, 0.4) is 0 Å². The largest absolute Gasteiger partial charge is 0.493 e. The maximum Gasteiger partial charge on any atom is 0.255 e. The maximum atomic E-state index is 12.9. The number of amides is 1. The van der Waals surface area contributed by atoms with Gasteiger partial charge in [-0.05, 0) is 36.7 Å². The van der Waals surface area contributed by atoms with Crippen LogP contribution in [-0.4, -0.2) is 26.2 Å². The molecular formula is C18H21FN2O3. The minimum Gasteiger partial charge on any atom is -0.493 e. The zero-order chi connectivity index (χ0) is 17.4. The molecule has 0 aromatic heterocycles. The van der Waals surface area contributed by atoms with Crippen LogP contribution in [-0.2, 0) is 17.8 Å². The first-order valence-corrected chi connectivity index (χ1v) is 7.62. The highest BCUT2D eigenvalue weighted by Gasteiger charge is 2.11. The highest BCUT2D eigenvalue weighted by atomic mass is 19.1. The highest BCUT2D eigenvalue weighted by molar-refractivity contribution is 5.75. The van der Waals surface area contributed by atoms with E-state index in [4.69, 9.17) is 15.2 Å². The van der Waals surface area contributed by atoms with Gasteiger partial charge in [0, 0.05) is 12.1 Å². The number of carbonyl (C=O) groups excluding carboxylic acids is 1. The zero-order valence-corrected chi connectivity index (χ0v) is 13.5. The Morgan fingerprint density at radius 3 is 2.62 bits per heavy atom. The van der Waals surface area contributed by atoms with Gasteiger partial charge in [-0.2, -0.15) is 0 Å². The predicted octanol–water partition coefficient (Wildman–Crippen LogP) is 2.03. The van der Waals surface area contributed by atoms with Crippen molar-refractivity contribution in [2.45, 2.75) is 13.0 Å². The first-order valence-electron chi connectivity index (χ1n) is 7.62. The molecular weight excluding hydrogens is 311 g/mol. The number of para-hydroxylation sites is 1. The summed E-state index contributed by atoms with van der Waals surface area (Å²) < 4.78 is 23.6. The number of rotatable bonds is 9. The fourth-order valence-electron chi connectivity index (χ4n) is 2.28. The molecule has 0 aliphatic rings. The Kier molecular flexibility index (Phi) is 6.57. The van der Waals surface area contributed by atoms with Crippen molar-refractivity contribution in [2.24, 2.45) is 5.73 Å². The van der Waals surface area contributed by atoms with Gasteiger partial charge in [0.2, 0.25) is 0 Å². The summed E-state index contributed by atoms with van der Waals surface area (Å²) in [5, 5.41) is 3.30. The molecule has 0 fully saturated rings. The molecule has 0 heterocycles. The molecule has 1 amide bonds. The second-order valence-corrected chi connectivity index (χ2v) is 5.26. The van der Waals surface area contributed by atoms with E-state index in [9.17, 15) is 9.18 Å². The van der Waals surface area contributed by atoms with Crippen LogP contribution in [0, 0.1) is 5.82 Å². The lowest BCUT2D eigenvalue weighted by molar-refractivity contribution is -0.119. The van der Waals surface area contributed by atoms with E-state index in [1.165, 1.54) is 19.2 Å². The van der Waals surface area contributed by atoms with Crippen molar-refractivity contribution in [1.82, 2.24) is 5.32 Å². The molecule has 24 heavy (non-hydrogen) atoms. The van der Waals surface area contributed by atoms with Gasteiger partial charge >= 0.3 is 0 Å². The van der Waals surface area contributed by atoms with Gasteiger partial charge in [-0.25, -0.2) is 4.39 Å². The fourth-order valence-corrected chi connectivity index (χ4v) is 2.28. The summed E-state index contributed by atoms with van der Waals surface area (Å²) >= 11 is 0. The number of halogens is 1. The topological polar surface area (TPSA) is 73.6 Å². The van der Waals surface area contributed by atoms with Crippen molar-refractivity contribution in [1.29, 1.82) is 0 Å². The van der Waals surface area contributed by atoms with Crippen LogP contribution in [0.4, 0.5) is 4.39 Å². The van der Waals surface area contributed by atoms with E-state index in [-0.39, 0.29) is 12.4 Å². The number of hydrogen-bond acceptors (Lipinski definition) is 4. The van der Waals surface area contributed by atoms with Gasteiger partial charge in [-0.15, -0.1) is 0 Å². The molecule has 2 aromatic rings. The number of nitrogens with one attached hydrogen (secondary N) is 1. The van der Waals surface area contributed by atoms with Crippen LogP contribution < -0.4 is 20.5 Å². The van der Waals surface area contributed by atoms with Crippen molar-refractivity contribution >= 4 is 5.91 Å². The van der Waals surface area contributed by atoms with Crippen molar-refractivity contribution in [2.75, 3.05) is 20.3 Å². The molecule has 0 aliphatic carbocycles. The molecule has 0 atom stereocenters. The average Bonchev–Trinajstić information content (AvgIpc) is 2.58. The third-order valence-electron chi connectivity index (χ3n) is 3.46. The average molecular weight is 332 g/mol. The Morgan fingerprint density at radius 1 is 1.21 bits per heavy atom. The van der Waals surface area contributed by atoms with Crippen LogP contribution in [0.1, 0.15) is 11.1 Å². The van der Waals surface area contributed by atoms with Crippen LogP contribution in [0.15, 0.2) is 42.5 Å². The van der Waals surface area contributed by atoms with Crippen LogP contribution >= 0.6 is 0 Å². The van der Waals surface area contributed by atoms with Crippen molar-refractivity contribution in [3.8, 4) is 11.5 Å². The lowest BCUT2D eigenvalue weighted by atomic mass is 10.1. The molecule has 0 bridgehead atoms. The quantitative estimate of drug-likeness (QED) is 0.689. The van der Waals surface area contributed by atoms with Crippen molar-refractivity contribution < 1.29 is 18.7 Å². The van der Waals surface area contributed by atoms with Gasteiger partial charge in [0.1, 0.15) is 5.82 Å². The van der Waals surface area contributed by atoms with Crippen LogP contribution in [0.2, 0.25) is 0 Å². The van der Waals surface area contributed by atoms with Gasteiger partial charge in [-0.3, -0.25) is 4.79 Å². The fraction of sp³-hybridized carbons (Fsp3) is 0.278. The molecule has 0 saturated heterocycles. The summed E-state index contributed by atoms with van der Waals surface area (Å²) in [5.41, 5.74) is 7.06. The van der Waals surface area contributed by atoms with Gasteiger partial charge < -0.3 is 20.5 Å². The second-order valence-electron chi connectivity index (χ2n) is 5.26. The van der Waals surface area contributed by atoms with Gasteiger partial charge in [0.25, 0.3) is 5.91 Å². The number of primary amides is 1. The normalized spacial score (nSPS) is 10.4. The Morgan fingerprint density at radius 2 is 1.96 bits per heavy atom. The second kappa shape index (κ2) is 8.88. The molecule has 5 nitrogen and oxygen atoms in total. The van der Waals surface area contributed by atoms with Crippen LogP contribution in [0.25, 0.3) is 0 Å².